The Bertz CT molecular complexity index is 880. The summed E-state index contributed by atoms with van der Waals surface area (Å²) in [5, 5.41) is 6.24. The second-order valence-electron chi connectivity index (χ2n) is 6.09. The summed E-state index contributed by atoms with van der Waals surface area (Å²) in [6.45, 7) is 4.52. The fourth-order valence-corrected chi connectivity index (χ4v) is 2.73. The SMILES string of the molecule is CCOc1ccccc1NC(=O)c1ccc(NC(C)c2ccccc2)cn1. The lowest BCUT2D eigenvalue weighted by molar-refractivity contribution is 0.102. The van der Waals surface area contributed by atoms with Crippen molar-refractivity contribution < 1.29 is 9.53 Å². The number of hydrogen-bond donors (Lipinski definition) is 2. The Morgan fingerprint density at radius 3 is 2.48 bits per heavy atom. The molecule has 0 bridgehead atoms. The molecule has 0 aliphatic rings. The monoisotopic (exact) mass is 361 g/mol. The van der Waals surface area contributed by atoms with Gasteiger partial charge in [-0.15, -0.1) is 0 Å². The molecular weight excluding hydrogens is 338 g/mol. The summed E-state index contributed by atoms with van der Waals surface area (Å²) >= 11 is 0. The van der Waals surface area contributed by atoms with Crippen LogP contribution in [0.3, 0.4) is 0 Å². The number of carbonyl (C=O) groups is 1. The van der Waals surface area contributed by atoms with Crippen LogP contribution in [0.2, 0.25) is 0 Å². The molecule has 1 aromatic heterocycles. The van der Waals surface area contributed by atoms with Crippen molar-refractivity contribution in [3.63, 3.8) is 0 Å². The molecule has 0 aliphatic heterocycles. The van der Waals surface area contributed by atoms with Crippen LogP contribution in [-0.2, 0) is 0 Å². The van der Waals surface area contributed by atoms with Gasteiger partial charge < -0.3 is 15.4 Å². The molecule has 0 fully saturated rings. The first-order chi connectivity index (χ1) is 13.2. The van der Waals surface area contributed by atoms with Crippen LogP contribution in [0, 0.1) is 0 Å². The van der Waals surface area contributed by atoms with Crippen molar-refractivity contribution in [2.24, 2.45) is 0 Å². The first-order valence-electron chi connectivity index (χ1n) is 8.98. The van der Waals surface area contributed by atoms with Gasteiger partial charge in [0.1, 0.15) is 11.4 Å². The molecule has 0 radical (unpaired) electrons. The van der Waals surface area contributed by atoms with Crippen molar-refractivity contribution >= 4 is 17.3 Å². The molecule has 5 nitrogen and oxygen atoms in total. The third-order valence-electron chi connectivity index (χ3n) is 4.11. The van der Waals surface area contributed by atoms with Crippen molar-refractivity contribution in [1.29, 1.82) is 0 Å². The predicted octanol–water partition coefficient (Wildman–Crippen LogP) is 4.91. The molecule has 2 aromatic carbocycles. The minimum Gasteiger partial charge on any atom is -0.492 e. The van der Waals surface area contributed by atoms with Gasteiger partial charge in [-0.3, -0.25) is 4.79 Å². The van der Waals surface area contributed by atoms with Gasteiger partial charge in [0.15, 0.2) is 0 Å². The number of benzene rings is 2. The highest BCUT2D eigenvalue weighted by Gasteiger charge is 2.11. The molecular formula is C22H23N3O2. The number of nitrogens with zero attached hydrogens (tertiary/aromatic N) is 1. The van der Waals surface area contributed by atoms with Gasteiger partial charge in [0, 0.05) is 6.04 Å². The van der Waals surface area contributed by atoms with E-state index in [-0.39, 0.29) is 11.9 Å². The Kier molecular flexibility index (Phi) is 6.05. The summed E-state index contributed by atoms with van der Waals surface area (Å²) in [4.78, 5) is 16.8. The van der Waals surface area contributed by atoms with Gasteiger partial charge in [-0.25, -0.2) is 4.98 Å². The average molecular weight is 361 g/mol. The maximum atomic E-state index is 12.5. The van der Waals surface area contributed by atoms with Crippen LogP contribution >= 0.6 is 0 Å². The normalized spacial score (nSPS) is 11.5. The quantitative estimate of drug-likeness (QED) is 0.628. The Hall–Kier alpha value is -3.34. The minimum absolute atomic E-state index is 0.144. The Morgan fingerprint density at radius 2 is 1.78 bits per heavy atom. The average Bonchev–Trinajstić information content (AvgIpc) is 2.71. The highest BCUT2D eigenvalue weighted by atomic mass is 16.5. The fraction of sp³-hybridized carbons (Fsp3) is 0.182. The van der Waals surface area contributed by atoms with Crippen LogP contribution in [0.5, 0.6) is 5.75 Å². The summed E-state index contributed by atoms with van der Waals surface area (Å²) in [6.07, 6.45) is 1.67. The molecule has 1 unspecified atom stereocenters. The molecule has 3 aromatic rings. The zero-order chi connectivity index (χ0) is 19.1. The van der Waals surface area contributed by atoms with E-state index in [0.717, 1.165) is 5.69 Å². The maximum Gasteiger partial charge on any atom is 0.274 e. The highest BCUT2D eigenvalue weighted by Crippen LogP contribution is 2.24. The Morgan fingerprint density at radius 1 is 1.04 bits per heavy atom. The molecule has 138 valence electrons. The van der Waals surface area contributed by atoms with E-state index in [4.69, 9.17) is 4.74 Å². The number of pyridine rings is 1. The number of para-hydroxylation sites is 2. The van der Waals surface area contributed by atoms with Crippen LogP contribution < -0.4 is 15.4 Å². The van der Waals surface area contributed by atoms with Gasteiger partial charge in [-0.1, -0.05) is 42.5 Å². The summed E-state index contributed by atoms with van der Waals surface area (Å²) in [6, 6.07) is 21.2. The second-order valence-corrected chi connectivity index (χ2v) is 6.09. The standard InChI is InChI=1S/C22H23N3O2/c1-3-27-21-12-8-7-11-19(21)25-22(26)20-14-13-18(15-23-20)24-16(2)17-9-5-4-6-10-17/h4-16,24H,3H2,1-2H3,(H,25,26). The lowest BCUT2D eigenvalue weighted by atomic mass is 10.1. The van der Waals surface area contributed by atoms with E-state index in [9.17, 15) is 4.79 Å². The Labute approximate surface area is 159 Å². The van der Waals surface area contributed by atoms with E-state index in [1.165, 1.54) is 5.56 Å². The number of aromatic nitrogens is 1. The maximum absolute atomic E-state index is 12.5. The lowest BCUT2D eigenvalue weighted by Gasteiger charge is -2.15. The van der Waals surface area contributed by atoms with E-state index >= 15 is 0 Å². The molecule has 27 heavy (non-hydrogen) atoms. The van der Waals surface area contributed by atoms with E-state index < -0.39 is 0 Å². The molecule has 1 heterocycles. The van der Waals surface area contributed by atoms with Gasteiger partial charge in [0.2, 0.25) is 0 Å². The van der Waals surface area contributed by atoms with Crippen LogP contribution in [-0.4, -0.2) is 17.5 Å². The molecule has 0 saturated heterocycles. The van der Waals surface area contributed by atoms with Crippen molar-refractivity contribution in [1.82, 2.24) is 4.98 Å². The second kappa shape index (κ2) is 8.85. The number of anilines is 2. The summed E-state index contributed by atoms with van der Waals surface area (Å²) in [5.41, 5.74) is 3.02. The summed E-state index contributed by atoms with van der Waals surface area (Å²) < 4.78 is 5.53. The first-order valence-corrected chi connectivity index (χ1v) is 8.98. The molecule has 0 spiro atoms. The summed E-state index contributed by atoms with van der Waals surface area (Å²) in [5.74, 6) is 0.369. The third-order valence-corrected chi connectivity index (χ3v) is 4.11. The lowest BCUT2D eigenvalue weighted by Crippen LogP contribution is -2.15. The van der Waals surface area contributed by atoms with Crippen molar-refractivity contribution in [2.45, 2.75) is 19.9 Å². The number of rotatable bonds is 7. The van der Waals surface area contributed by atoms with E-state index in [1.54, 1.807) is 18.3 Å². The highest BCUT2D eigenvalue weighted by molar-refractivity contribution is 6.03. The third kappa shape index (κ3) is 4.85. The van der Waals surface area contributed by atoms with Gasteiger partial charge in [0.05, 0.1) is 24.2 Å². The fourth-order valence-electron chi connectivity index (χ4n) is 2.73. The molecule has 2 N–H and O–H groups in total. The van der Waals surface area contributed by atoms with E-state index in [1.807, 2.05) is 49.4 Å². The molecule has 1 atom stereocenters. The topological polar surface area (TPSA) is 63.2 Å². The van der Waals surface area contributed by atoms with E-state index in [0.29, 0.717) is 23.7 Å². The molecule has 0 aliphatic carbocycles. The molecule has 1 amide bonds. The predicted molar refractivity (Wildman–Crippen MR) is 108 cm³/mol. The van der Waals surface area contributed by atoms with Crippen LogP contribution in [0.25, 0.3) is 0 Å². The number of nitrogens with one attached hydrogen (secondary N) is 2. The van der Waals surface area contributed by atoms with Crippen molar-refractivity contribution in [3.05, 3.63) is 84.2 Å². The first kappa shape index (κ1) is 18.5. The Balaban J connectivity index is 1.66. The zero-order valence-corrected chi connectivity index (χ0v) is 15.5. The van der Waals surface area contributed by atoms with Crippen LogP contribution in [0.15, 0.2) is 72.9 Å². The molecule has 3 rings (SSSR count). The number of hydrogen-bond acceptors (Lipinski definition) is 4. The van der Waals surface area contributed by atoms with Crippen molar-refractivity contribution in [2.75, 3.05) is 17.2 Å². The number of ether oxygens (including phenoxy) is 1. The van der Waals surface area contributed by atoms with Gasteiger partial charge in [-0.2, -0.15) is 0 Å². The van der Waals surface area contributed by atoms with Gasteiger partial charge in [0.25, 0.3) is 5.91 Å². The largest absolute Gasteiger partial charge is 0.492 e. The molecule has 0 saturated carbocycles. The number of carbonyl (C=O) groups excluding carboxylic acids is 1. The van der Waals surface area contributed by atoms with Crippen LogP contribution in [0.4, 0.5) is 11.4 Å². The minimum atomic E-state index is -0.273. The van der Waals surface area contributed by atoms with Gasteiger partial charge >= 0.3 is 0 Å². The smallest absolute Gasteiger partial charge is 0.274 e. The molecule has 5 heteroatoms. The summed E-state index contributed by atoms with van der Waals surface area (Å²) in [7, 11) is 0. The van der Waals surface area contributed by atoms with E-state index in [2.05, 4.69) is 34.7 Å². The van der Waals surface area contributed by atoms with Crippen LogP contribution in [0.1, 0.15) is 35.9 Å². The zero-order valence-electron chi connectivity index (χ0n) is 15.5. The van der Waals surface area contributed by atoms with Crippen molar-refractivity contribution in [3.8, 4) is 5.75 Å². The van der Waals surface area contributed by atoms with Gasteiger partial charge in [-0.05, 0) is 43.7 Å². The number of amides is 1.